The highest BCUT2D eigenvalue weighted by Crippen LogP contribution is 2.16. The molecule has 1 aromatic carbocycles. The van der Waals surface area contributed by atoms with Crippen molar-refractivity contribution < 1.29 is 19.1 Å². The standard InChI is InChI=1S/C13H16ClFN2O3/c1-17(6-7-18)12(19)4-5-16-13(20)10-3-2-9(15)8-11(10)14/h2-3,8,18H,4-7H2,1H3,(H,16,20). The maximum absolute atomic E-state index is 12.8. The van der Waals surface area contributed by atoms with Gasteiger partial charge in [0.25, 0.3) is 5.91 Å². The Morgan fingerprint density at radius 1 is 1.45 bits per heavy atom. The molecular weight excluding hydrogens is 287 g/mol. The van der Waals surface area contributed by atoms with E-state index >= 15 is 0 Å². The van der Waals surface area contributed by atoms with Gasteiger partial charge >= 0.3 is 0 Å². The largest absolute Gasteiger partial charge is 0.395 e. The lowest BCUT2D eigenvalue weighted by atomic mass is 10.2. The number of amides is 2. The molecule has 0 aliphatic heterocycles. The van der Waals surface area contributed by atoms with Crippen molar-refractivity contribution in [2.45, 2.75) is 6.42 Å². The molecule has 0 atom stereocenters. The molecule has 0 unspecified atom stereocenters. The van der Waals surface area contributed by atoms with Gasteiger partial charge in [0.1, 0.15) is 5.82 Å². The van der Waals surface area contributed by atoms with Gasteiger partial charge in [0.05, 0.1) is 17.2 Å². The number of carbonyl (C=O) groups excluding carboxylic acids is 2. The van der Waals surface area contributed by atoms with Crippen LogP contribution in [0.15, 0.2) is 18.2 Å². The van der Waals surface area contributed by atoms with Gasteiger partial charge in [-0.15, -0.1) is 0 Å². The Bertz CT molecular complexity index is 497. The van der Waals surface area contributed by atoms with Crippen LogP contribution in [0.3, 0.4) is 0 Å². The van der Waals surface area contributed by atoms with Crippen molar-refractivity contribution in [2.75, 3.05) is 26.7 Å². The van der Waals surface area contributed by atoms with Crippen molar-refractivity contribution in [2.24, 2.45) is 0 Å². The second-order valence-corrected chi connectivity index (χ2v) is 4.58. The predicted octanol–water partition coefficient (Wildman–Crippen LogP) is 1.05. The Kier molecular flexibility index (Phi) is 6.41. The van der Waals surface area contributed by atoms with E-state index in [1.165, 1.54) is 11.0 Å². The molecule has 1 rings (SSSR count). The molecular formula is C13H16ClFN2O3. The van der Waals surface area contributed by atoms with E-state index in [1.807, 2.05) is 0 Å². The molecule has 0 bridgehead atoms. The van der Waals surface area contributed by atoms with Crippen LogP contribution in [-0.4, -0.2) is 48.6 Å². The smallest absolute Gasteiger partial charge is 0.252 e. The van der Waals surface area contributed by atoms with Crippen molar-refractivity contribution in [1.29, 1.82) is 0 Å². The molecule has 5 nitrogen and oxygen atoms in total. The predicted molar refractivity (Wildman–Crippen MR) is 73.1 cm³/mol. The fourth-order valence-electron chi connectivity index (χ4n) is 1.52. The van der Waals surface area contributed by atoms with Crippen LogP contribution >= 0.6 is 11.6 Å². The van der Waals surface area contributed by atoms with Crippen molar-refractivity contribution >= 4 is 23.4 Å². The molecule has 2 amide bonds. The number of hydrogen-bond donors (Lipinski definition) is 2. The Morgan fingerprint density at radius 2 is 2.15 bits per heavy atom. The minimum Gasteiger partial charge on any atom is -0.395 e. The number of hydrogen-bond acceptors (Lipinski definition) is 3. The first-order valence-corrected chi connectivity index (χ1v) is 6.41. The molecule has 0 aliphatic carbocycles. The van der Waals surface area contributed by atoms with Crippen molar-refractivity contribution in [3.05, 3.63) is 34.6 Å². The van der Waals surface area contributed by atoms with Gasteiger partial charge in [-0.25, -0.2) is 4.39 Å². The van der Waals surface area contributed by atoms with Crippen LogP contribution in [0.5, 0.6) is 0 Å². The first kappa shape index (κ1) is 16.4. The average molecular weight is 303 g/mol. The minimum atomic E-state index is -0.521. The van der Waals surface area contributed by atoms with E-state index in [0.29, 0.717) is 0 Å². The SMILES string of the molecule is CN(CCO)C(=O)CCNC(=O)c1ccc(F)cc1Cl. The molecule has 110 valence electrons. The third-order valence-electron chi connectivity index (χ3n) is 2.66. The third kappa shape index (κ3) is 4.79. The summed E-state index contributed by atoms with van der Waals surface area (Å²) in [5.41, 5.74) is 0.157. The fraction of sp³-hybridized carbons (Fsp3) is 0.385. The number of nitrogens with one attached hydrogen (secondary N) is 1. The quantitative estimate of drug-likeness (QED) is 0.825. The Morgan fingerprint density at radius 3 is 2.75 bits per heavy atom. The van der Waals surface area contributed by atoms with Gasteiger partial charge in [0.2, 0.25) is 5.91 Å². The average Bonchev–Trinajstić information content (AvgIpc) is 2.38. The second-order valence-electron chi connectivity index (χ2n) is 4.17. The Hall–Kier alpha value is -1.66. The zero-order chi connectivity index (χ0) is 15.1. The lowest BCUT2D eigenvalue weighted by Crippen LogP contribution is -2.33. The summed E-state index contributed by atoms with van der Waals surface area (Å²) in [5, 5.41) is 11.2. The number of benzene rings is 1. The fourth-order valence-corrected chi connectivity index (χ4v) is 1.77. The van der Waals surface area contributed by atoms with Gasteiger partial charge in [-0.05, 0) is 18.2 Å². The van der Waals surface area contributed by atoms with Gasteiger partial charge in [0, 0.05) is 26.6 Å². The molecule has 0 radical (unpaired) electrons. The van der Waals surface area contributed by atoms with E-state index in [2.05, 4.69) is 5.32 Å². The summed E-state index contributed by atoms with van der Waals surface area (Å²) >= 11 is 5.75. The molecule has 20 heavy (non-hydrogen) atoms. The van der Waals surface area contributed by atoms with E-state index in [-0.39, 0.29) is 42.6 Å². The van der Waals surface area contributed by atoms with E-state index in [1.54, 1.807) is 7.05 Å². The first-order chi connectivity index (χ1) is 9.45. The number of likely N-dealkylation sites (N-methyl/N-ethyl adjacent to an activating group) is 1. The Labute approximate surface area is 121 Å². The molecule has 2 N–H and O–H groups in total. The maximum Gasteiger partial charge on any atom is 0.252 e. The highest BCUT2D eigenvalue weighted by atomic mass is 35.5. The van der Waals surface area contributed by atoms with E-state index < -0.39 is 11.7 Å². The minimum absolute atomic E-state index is 0.0197. The van der Waals surface area contributed by atoms with Crippen LogP contribution in [0.25, 0.3) is 0 Å². The van der Waals surface area contributed by atoms with Crippen LogP contribution in [0.2, 0.25) is 5.02 Å². The number of aliphatic hydroxyl groups is 1. The molecule has 0 spiro atoms. The molecule has 1 aromatic rings. The zero-order valence-electron chi connectivity index (χ0n) is 11.0. The summed E-state index contributed by atoms with van der Waals surface area (Å²) in [6.07, 6.45) is 0.112. The first-order valence-electron chi connectivity index (χ1n) is 6.03. The molecule has 7 heteroatoms. The van der Waals surface area contributed by atoms with Gasteiger partial charge < -0.3 is 15.3 Å². The van der Waals surface area contributed by atoms with Crippen LogP contribution < -0.4 is 5.32 Å². The number of rotatable bonds is 6. The van der Waals surface area contributed by atoms with Crippen molar-refractivity contribution in [3.8, 4) is 0 Å². The van der Waals surface area contributed by atoms with Crippen molar-refractivity contribution in [3.63, 3.8) is 0 Å². The molecule has 0 heterocycles. The van der Waals surface area contributed by atoms with Crippen LogP contribution in [0, 0.1) is 5.82 Å². The zero-order valence-corrected chi connectivity index (χ0v) is 11.8. The topological polar surface area (TPSA) is 69.6 Å². The number of aliphatic hydroxyl groups excluding tert-OH is 1. The summed E-state index contributed by atoms with van der Waals surface area (Å²) in [6.45, 7) is 0.275. The van der Waals surface area contributed by atoms with Gasteiger partial charge in [-0.3, -0.25) is 9.59 Å². The number of halogens is 2. The van der Waals surface area contributed by atoms with Crippen LogP contribution in [0.4, 0.5) is 4.39 Å². The van der Waals surface area contributed by atoms with Gasteiger partial charge in [-0.2, -0.15) is 0 Å². The molecule has 0 aromatic heterocycles. The highest BCUT2D eigenvalue weighted by molar-refractivity contribution is 6.33. The van der Waals surface area contributed by atoms with E-state index in [9.17, 15) is 14.0 Å². The van der Waals surface area contributed by atoms with E-state index in [0.717, 1.165) is 12.1 Å². The van der Waals surface area contributed by atoms with Gasteiger partial charge in [-0.1, -0.05) is 11.6 Å². The molecule has 0 saturated heterocycles. The highest BCUT2D eigenvalue weighted by Gasteiger charge is 2.12. The maximum atomic E-state index is 12.8. The lowest BCUT2D eigenvalue weighted by molar-refractivity contribution is -0.130. The molecule has 0 fully saturated rings. The monoisotopic (exact) mass is 302 g/mol. The summed E-state index contributed by atoms with van der Waals surface area (Å²) in [6, 6.07) is 3.48. The number of nitrogens with zero attached hydrogens (tertiary/aromatic N) is 1. The van der Waals surface area contributed by atoms with Crippen LogP contribution in [0.1, 0.15) is 16.8 Å². The summed E-state index contributed by atoms with van der Waals surface area (Å²) in [7, 11) is 1.57. The normalized spacial score (nSPS) is 10.2. The van der Waals surface area contributed by atoms with E-state index in [4.69, 9.17) is 16.7 Å². The van der Waals surface area contributed by atoms with Crippen molar-refractivity contribution in [1.82, 2.24) is 10.2 Å². The Balaban J connectivity index is 2.46. The second kappa shape index (κ2) is 7.81. The van der Waals surface area contributed by atoms with Crippen LogP contribution in [-0.2, 0) is 4.79 Å². The van der Waals surface area contributed by atoms with Gasteiger partial charge in [0.15, 0.2) is 0 Å². The summed E-state index contributed by atoms with van der Waals surface area (Å²) in [4.78, 5) is 24.7. The number of carbonyl (C=O) groups is 2. The summed E-state index contributed by atoms with van der Waals surface area (Å²) < 4.78 is 12.8. The lowest BCUT2D eigenvalue weighted by Gasteiger charge is -2.15. The molecule has 0 saturated carbocycles. The third-order valence-corrected chi connectivity index (χ3v) is 2.97. The summed E-state index contributed by atoms with van der Waals surface area (Å²) in [5.74, 6) is -1.18. The molecule has 0 aliphatic rings.